The number of carbonyl (C=O) groups excluding carboxylic acids is 2. The Labute approximate surface area is 103 Å². The summed E-state index contributed by atoms with van der Waals surface area (Å²) < 4.78 is 21.1. The molecule has 1 atom stereocenters. The zero-order valence-corrected chi connectivity index (χ0v) is 10.5. The van der Waals surface area contributed by atoms with E-state index in [-0.39, 0.29) is 6.61 Å². The molecule has 4 nitrogen and oxygen atoms in total. The van der Waals surface area contributed by atoms with Crippen LogP contribution in [0.3, 0.4) is 0 Å². The van der Waals surface area contributed by atoms with Gasteiger partial charge in [0, 0.05) is 5.33 Å². The SMILES string of the molecule is O=[C]OC(CCCBr)C(=O)OCCCCF. The van der Waals surface area contributed by atoms with Gasteiger partial charge in [-0.15, -0.1) is 0 Å². The minimum absolute atomic E-state index is 0.149. The predicted octanol–water partition coefficient (Wildman–Crippen LogP) is 1.91. The minimum atomic E-state index is -0.902. The molecule has 0 N–H and O–H groups in total. The Kier molecular flexibility index (Phi) is 10.4. The van der Waals surface area contributed by atoms with E-state index in [1.54, 1.807) is 0 Å². The van der Waals surface area contributed by atoms with Crippen molar-refractivity contribution in [2.75, 3.05) is 18.6 Å². The molecule has 16 heavy (non-hydrogen) atoms. The summed E-state index contributed by atoms with van der Waals surface area (Å²) in [4.78, 5) is 21.4. The summed E-state index contributed by atoms with van der Waals surface area (Å²) in [6.45, 7) is 0.954. The Morgan fingerprint density at radius 1 is 1.38 bits per heavy atom. The highest BCUT2D eigenvalue weighted by Crippen LogP contribution is 2.06. The van der Waals surface area contributed by atoms with E-state index in [1.165, 1.54) is 6.47 Å². The lowest BCUT2D eigenvalue weighted by Gasteiger charge is -2.12. The molecule has 0 aliphatic heterocycles. The zero-order valence-electron chi connectivity index (χ0n) is 8.92. The Balaban J connectivity index is 3.81. The van der Waals surface area contributed by atoms with E-state index in [9.17, 15) is 14.0 Å². The number of hydrogen-bond donors (Lipinski definition) is 0. The predicted molar refractivity (Wildman–Crippen MR) is 59.8 cm³/mol. The molecule has 0 saturated heterocycles. The van der Waals surface area contributed by atoms with E-state index in [1.807, 2.05) is 0 Å². The number of halogens is 2. The normalized spacial score (nSPS) is 11.9. The molecule has 0 aromatic carbocycles. The van der Waals surface area contributed by atoms with Crippen LogP contribution in [0.1, 0.15) is 25.7 Å². The van der Waals surface area contributed by atoms with Crippen LogP contribution in [0.5, 0.6) is 0 Å². The number of hydrogen-bond acceptors (Lipinski definition) is 4. The van der Waals surface area contributed by atoms with Crippen molar-refractivity contribution in [3.05, 3.63) is 0 Å². The van der Waals surface area contributed by atoms with E-state index in [0.717, 1.165) is 0 Å². The molecular weight excluding hydrogens is 283 g/mol. The lowest BCUT2D eigenvalue weighted by Crippen LogP contribution is -2.26. The maximum absolute atomic E-state index is 11.7. The highest BCUT2D eigenvalue weighted by Gasteiger charge is 2.20. The minimum Gasteiger partial charge on any atom is -0.463 e. The van der Waals surface area contributed by atoms with Crippen molar-refractivity contribution in [3.8, 4) is 0 Å². The first kappa shape index (κ1) is 15.3. The molecule has 0 rings (SSSR count). The van der Waals surface area contributed by atoms with Crippen LogP contribution in [-0.4, -0.2) is 37.2 Å². The second-order valence-corrected chi connectivity index (χ2v) is 3.88. The number of carbonyl (C=O) groups is 1. The van der Waals surface area contributed by atoms with Crippen LogP contribution in [0.4, 0.5) is 4.39 Å². The maximum atomic E-state index is 11.7. The number of unbranched alkanes of at least 4 members (excludes halogenated alkanes) is 1. The van der Waals surface area contributed by atoms with Crippen molar-refractivity contribution < 1.29 is 23.5 Å². The van der Waals surface area contributed by atoms with Gasteiger partial charge in [0.15, 0.2) is 6.10 Å². The highest BCUT2D eigenvalue weighted by molar-refractivity contribution is 9.09. The summed E-state index contributed by atoms with van der Waals surface area (Å²) >= 11 is 3.20. The molecule has 0 aliphatic carbocycles. The van der Waals surface area contributed by atoms with Gasteiger partial charge in [0.25, 0.3) is 0 Å². The zero-order chi connectivity index (χ0) is 12.2. The van der Waals surface area contributed by atoms with Crippen LogP contribution < -0.4 is 0 Å². The van der Waals surface area contributed by atoms with E-state index in [4.69, 9.17) is 4.74 Å². The third-order valence-corrected chi connectivity index (χ3v) is 2.39. The first-order valence-corrected chi connectivity index (χ1v) is 6.19. The van der Waals surface area contributed by atoms with E-state index >= 15 is 0 Å². The van der Waals surface area contributed by atoms with Crippen molar-refractivity contribution >= 4 is 28.4 Å². The maximum Gasteiger partial charge on any atom is 0.418 e. The third-order valence-electron chi connectivity index (χ3n) is 1.83. The van der Waals surface area contributed by atoms with E-state index < -0.39 is 18.7 Å². The second-order valence-electron chi connectivity index (χ2n) is 3.08. The highest BCUT2D eigenvalue weighted by atomic mass is 79.9. The van der Waals surface area contributed by atoms with Gasteiger partial charge >= 0.3 is 12.4 Å². The summed E-state index contributed by atoms with van der Waals surface area (Å²) in [5.41, 5.74) is 0. The molecule has 0 bridgehead atoms. The average molecular weight is 298 g/mol. The van der Waals surface area contributed by atoms with Crippen LogP contribution in [-0.2, 0) is 19.1 Å². The summed E-state index contributed by atoms with van der Waals surface area (Å²) in [5.74, 6) is -0.594. The lowest BCUT2D eigenvalue weighted by molar-refractivity contribution is -0.153. The Bertz CT molecular complexity index is 201. The lowest BCUT2D eigenvalue weighted by atomic mass is 10.2. The van der Waals surface area contributed by atoms with Gasteiger partial charge in [-0.1, -0.05) is 15.9 Å². The fourth-order valence-electron chi connectivity index (χ4n) is 1.01. The van der Waals surface area contributed by atoms with Crippen LogP contribution in [0.15, 0.2) is 0 Å². The molecule has 6 heteroatoms. The van der Waals surface area contributed by atoms with Crippen molar-refractivity contribution in [3.63, 3.8) is 0 Å². The summed E-state index contributed by atoms with van der Waals surface area (Å²) in [5, 5.41) is 0.709. The van der Waals surface area contributed by atoms with Crippen LogP contribution in [0.25, 0.3) is 0 Å². The number of esters is 1. The van der Waals surface area contributed by atoms with Gasteiger partial charge in [0.1, 0.15) is 0 Å². The van der Waals surface area contributed by atoms with Gasteiger partial charge in [-0.2, -0.15) is 0 Å². The fraction of sp³-hybridized carbons (Fsp3) is 0.800. The summed E-state index contributed by atoms with van der Waals surface area (Å²) in [7, 11) is 0. The molecule has 0 aliphatic rings. The van der Waals surface area contributed by atoms with Crippen LogP contribution >= 0.6 is 15.9 Å². The van der Waals surface area contributed by atoms with Crippen molar-refractivity contribution in [2.45, 2.75) is 31.8 Å². The van der Waals surface area contributed by atoms with Crippen molar-refractivity contribution in [2.24, 2.45) is 0 Å². The van der Waals surface area contributed by atoms with Crippen LogP contribution in [0.2, 0.25) is 0 Å². The second kappa shape index (κ2) is 10.9. The molecule has 0 saturated carbocycles. The molecule has 0 heterocycles. The molecule has 0 fully saturated rings. The van der Waals surface area contributed by atoms with Gasteiger partial charge < -0.3 is 9.47 Å². The van der Waals surface area contributed by atoms with E-state index in [2.05, 4.69) is 20.7 Å². The first-order chi connectivity index (χ1) is 7.76. The Hall–Kier alpha value is -0.650. The quantitative estimate of drug-likeness (QED) is 0.351. The fourth-order valence-corrected chi connectivity index (χ4v) is 1.33. The number of rotatable bonds is 10. The van der Waals surface area contributed by atoms with Gasteiger partial charge in [0.05, 0.1) is 13.3 Å². The molecule has 93 valence electrons. The molecular formula is C10H15BrFO4. The number of ether oxygens (including phenoxy) is 2. The first-order valence-electron chi connectivity index (χ1n) is 5.07. The molecule has 0 spiro atoms. The van der Waals surface area contributed by atoms with Crippen LogP contribution in [0, 0.1) is 0 Å². The molecule has 0 aromatic rings. The van der Waals surface area contributed by atoms with E-state index in [0.29, 0.717) is 31.0 Å². The molecule has 1 unspecified atom stereocenters. The topological polar surface area (TPSA) is 52.6 Å². The largest absolute Gasteiger partial charge is 0.463 e. The van der Waals surface area contributed by atoms with Gasteiger partial charge in [0.2, 0.25) is 0 Å². The van der Waals surface area contributed by atoms with Crippen molar-refractivity contribution in [1.82, 2.24) is 0 Å². The smallest absolute Gasteiger partial charge is 0.418 e. The van der Waals surface area contributed by atoms with Gasteiger partial charge in [-0.3, -0.25) is 4.39 Å². The molecule has 1 radical (unpaired) electrons. The Morgan fingerprint density at radius 3 is 2.69 bits per heavy atom. The summed E-state index contributed by atoms with van der Waals surface area (Å²) in [6.07, 6.45) is 1.01. The monoisotopic (exact) mass is 297 g/mol. The molecule has 0 amide bonds. The van der Waals surface area contributed by atoms with Gasteiger partial charge in [-0.25, -0.2) is 9.59 Å². The van der Waals surface area contributed by atoms with Gasteiger partial charge in [-0.05, 0) is 25.7 Å². The molecule has 0 aromatic heterocycles. The third kappa shape index (κ3) is 7.62. The standard InChI is InChI=1S/C10H15BrFO4/c11-5-3-4-9(16-8-13)10(14)15-7-2-1-6-12/h9H,1-7H2. The average Bonchev–Trinajstić information content (AvgIpc) is 2.29. The summed E-state index contributed by atoms with van der Waals surface area (Å²) in [6, 6.07) is 0. The van der Waals surface area contributed by atoms with Crippen molar-refractivity contribution in [1.29, 1.82) is 0 Å². The Morgan fingerprint density at radius 2 is 2.12 bits per heavy atom. The number of alkyl halides is 2.